The van der Waals surface area contributed by atoms with Crippen LogP contribution in [0.15, 0.2) is 182 Å². The molecular formula is C50H33N5O. The van der Waals surface area contributed by atoms with E-state index in [-0.39, 0.29) is 0 Å². The van der Waals surface area contributed by atoms with Gasteiger partial charge in [-0.05, 0) is 95.2 Å². The van der Waals surface area contributed by atoms with Crippen molar-refractivity contribution in [3.8, 4) is 50.8 Å². The molecule has 0 radical (unpaired) electrons. The quantitative estimate of drug-likeness (QED) is 0.161. The molecule has 7 aromatic carbocycles. The number of fused-ring (bicyclic) bond motifs is 9. The zero-order valence-electron chi connectivity index (χ0n) is 30.5. The van der Waals surface area contributed by atoms with Crippen LogP contribution >= 0.6 is 0 Å². The molecule has 11 aromatic rings. The lowest BCUT2D eigenvalue weighted by molar-refractivity contribution is 0.483. The van der Waals surface area contributed by atoms with Crippen LogP contribution in [-0.4, -0.2) is 24.1 Å². The first kappa shape index (κ1) is 31.9. The van der Waals surface area contributed by atoms with Gasteiger partial charge in [0.05, 0.1) is 16.7 Å². The van der Waals surface area contributed by atoms with E-state index in [9.17, 15) is 0 Å². The van der Waals surface area contributed by atoms with Crippen LogP contribution in [0.1, 0.15) is 5.56 Å². The Balaban J connectivity index is 1.10. The van der Waals surface area contributed by atoms with Crippen LogP contribution in [0, 0.1) is 6.92 Å². The maximum atomic E-state index is 6.69. The van der Waals surface area contributed by atoms with Crippen molar-refractivity contribution in [1.82, 2.24) is 24.1 Å². The highest BCUT2D eigenvalue weighted by atomic mass is 16.5. The van der Waals surface area contributed by atoms with Gasteiger partial charge in [-0.15, -0.1) is 10.2 Å². The van der Waals surface area contributed by atoms with Crippen LogP contribution in [0.25, 0.3) is 88.6 Å². The van der Waals surface area contributed by atoms with Crippen molar-refractivity contribution in [3.05, 3.63) is 188 Å². The Morgan fingerprint density at radius 3 is 1.98 bits per heavy atom. The fraction of sp³-hybridized carbons (Fsp3) is 0.0200. The summed E-state index contributed by atoms with van der Waals surface area (Å²) in [5.41, 5.74) is 11.4. The molecule has 0 atom stereocenters. The van der Waals surface area contributed by atoms with Crippen LogP contribution in [0.5, 0.6) is 11.5 Å². The van der Waals surface area contributed by atoms with Gasteiger partial charge in [0.1, 0.15) is 17.1 Å². The van der Waals surface area contributed by atoms with Crippen molar-refractivity contribution in [1.29, 1.82) is 0 Å². The van der Waals surface area contributed by atoms with Gasteiger partial charge in [-0.25, -0.2) is 4.98 Å². The third-order valence-corrected chi connectivity index (χ3v) is 10.8. The summed E-state index contributed by atoms with van der Waals surface area (Å²) < 4.78 is 11.1. The second-order valence-corrected chi connectivity index (χ2v) is 14.2. The highest BCUT2D eigenvalue weighted by Gasteiger charge is 2.23. The van der Waals surface area contributed by atoms with E-state index < -0.39 is 0 Å². The van der Waals surface area contributed by atoms with Gasteiger partial charge in [0.2, 0.25) is 0 Å². The molecule has 0 amide bonds. The van der Waals surface area contributed by atoms with Gasteiger partial charge < -0.3 is 4.74 Å². The molecule has 4 heterocycles. The molecule has 6 heteroatoms. The first-order chi connectivity index (χ1) is 27.7. The van der Waals surface area contributed by atoms with Crippen molar-refractivity contribution in [2.24, 2.45) is 0 Å². The summed E-state index contributed by atoms with van der Waals surface area (Å²) in [7, 11) is 0. The van der Waals surface area contributed by atoms with E-state index in [2.05, 4.69) is 168 Å². The first-order valence-electron chi connectivity index (χ1n) is 18.8. The van der Waals surface area contributed by atoms with Crippen LogP contribution in [0.4, 0.5) is 0 Å². The lowest BCUT2D eigenvalue weighted by Gasteiger charge is -2.17. The number of aromatic nitrogens is 5. The number of aryl methyl sites for hydroxylation is 1. The van der Waals surface area contributed by atoms with Crippen molar-refractivity contribution >= 4 is 49.3 Å². The molecule has 11 rings (SSSR count). The minimum Gasteiger partial charge on any atom is -0.457 e. The topological polar surface area (TPSA) is 57.2 Å². The smallest absolute Gasteiger partial charge is 0.170 e. The zero-order chi connectivity index (χ0) is 37.2. The van der Waals surface area contributed by atoms with E-state index in [1.54, 1.807) is 0 Å². The van der Waals surface area contributed by atoms with Crippen molar-refractivity contribution < 1.29 is 4.74 Å². The van der Waals surface area contributed by atoms with E-state index in [0.29, 0.717) is 5.75 Å². The molecule has 0 saturated carbocycles. The van der Waals surface area contributed by atoms with Gasteiger partial charge in [-0.3, -0.25) is 8.97 Å². The molecular weight excluding hydrogens is 687 g/mol. The molecule has 56 heavy (non-hydrogen) atoms. The standard InChI is InChI=1S/C50H33N5O/c1-32-24-27-46-43(29-32)40-26-25-37(56-36-18-10-17-35(30-36)54-45-23-9-8-19-41(45)42-22-12-28-51-48(42)54)31-44(40)49-52-53-50(55(46)49)47-38(33-13-4-2-5-14-33)20-11-21-39(47)34-15-6-3-7-16-34/h2-31H,1H3. The average Bonchev–Trinajstić information content (AvgIpc) is 3.84. The molecule has 0 N–H and O–H groups in total. The minimum absolute atomic E-state index is 0.711. The molecule has 0 saturated heterocycles. The fourth-order valence-electron chi connectivity index (χ4n) is 8.31. The molecule has 0 fully saturated rings. The summed E-state index contributed by atoms with van der Waals surface area (Å²) in [6.07, 6.45) is 1.84. The maximum absolute atomic E-state index is 6.69. The van der Waals surface area contributed by atoms with E-state index in [0.717, 1.165) is 94.3 Å². The van der Waals surface area contributed by atoms with Crippen LogP contribution in [-0.2, 0) is 0 Å². The number of hydrogen-bond donors (Lipinski definition) is 0. The molecule has 264 valence electrons. The highest BCUT2D eigenvalue weighted by Crippen LogP contribution is 2.42. The summed E-state index contributed by atoms with van der Waals surface area (Å²) in [5, 5.41) is 15.4. The Morgan fingerprint density at radius 2 is 1.18 bits per heavy atom. The van der Waals surface area contributed by atoms with Crippen molar-refractivity contribution in [2.75, 3.05) is 0 Å². The number of pyridine rings is 2. The third-order valence-electron chi connectivity index (χ3n) is 10.8. The maximum Gasteiger partial charge on any atom is 0.170 e. The van der Waals surface area contributed by atoms with Crippen molar-refractivity contribution in [2.45, 2.75) is 6.92 Å². The first-order valence-corrected chi connectivity index (χ1v) is 18.8. The number of nitrogens with zero attached hydrogens (tertiary/aromatic N) is 5. The summed E-state index contributed by atoms with van der Waals surface area (Å²) in [4.78, 5) is 4.78. The summed E-state index contributed by atoms with van der Waals surface area (Å²) >= 11 is 0. The molecule has 0 aliphatic rings. The van der Waals surface area contributed by atoms with E-state index in [1.807, 2.05) is 30.5 Å². The molecule has 0 spiro atoms. The second kappa shape index (κ2) is 12.8. The Labute approximate surface area is 322 Å². The van der Waals surface area contributed by atoms with E-state index in [4.69, 9.17) is 19.9 Å². The highest BCUT2D eigenvalue weighted by molar-refractivity contribution is 6.13. The number of hydrogen-bond acceptors (Lipinski definition) is 4. The van der Waals surface area contributed by atoms with E-state index in [1.165, 1.54) is 5.56 Å². The summed E-state index contributed by atoms with van der Waals surface area (Å²) in [6.45, 7) is 2.14. The molecule has 4 aromatic heterocycles. The second-order valence-electron chi connectivity index (χ2n) is 14.2. The number of benzene rings is 7. The molecule has 0 aliphatic carbocycles. The Bertz CT molecular complexity index is 3180. The van der Waals surface area contributed by atoms with Crippen LogP contribution < -0.4 is 4.74 Å². The lowest BCUT2D eigenvalue weighted by atomic mass is 9.91. The monoisotopic (exact) mass is 719 g/mol. The summed E-state index contributed by atoms with van der Waals surface area (Å²) in [6, 6.07) is 61.2. The molecule has 0 bridgehead atoms. The van der Waals surface area contributed by atoms with Crippen LogP contribution in [0.3, 0.4) is 0 Å². The zero-order valence-corrected chi connectivity index (χ0v) is 30.5. The SMILES string of the molecule is Cc1ccc2c(c1)c1ccc(Oc3cccc(-n4c5ccccc5c5cccnc54)c3)cc1c1nnc(-c3c(-c4ccccc4)cccc3-c3ccccc3)n21. The normalized spacial score (nSPS) is 11.7. The number of rotatable bonds is 6. The Hall–Kier alpha value is -7.57. The molecule has 6 nitrogen and oxygen atoms in total. The molecule has 0 aliphatic heterocycles. The van der Waals surface area contributed by atoms with E-state index >= 15 is 0 Å². The van der Waals surface area contributed by atoms with Gasteiger partial charge in [-0.2, -0.15) is 0 Å². The van der Waals surface area contributed by atoms with Gasteiger partial charge in [0.15, 0.2) is 11.5 Å². The number of ether oxygens (including phenoxy) is 1. The predicted octanol–water partition coefficient (Wildman–Crippen LogP) is 12.6. The average molecular weight is 720 g/mol. The Kier molecular flexibility index (Phi) is 7.29. The Morgan fingerprint density at radius 1 is 0.464 bits per heavy atom. The van der Waals surface area contributed by atoms with Gasteiger partial charge in [0, 0.05) is 39.4 Å². The predicted molar refractivity (Wildman–Crippen MR) is 228 cm³/mol. The largest absolute Gasteiger partial charge is 0.457 e. The lowest BCUT2D eigenvalue weighted by Crippen LogP contribution is -1.98. The molecule has 0 unspecified atom stereocenters. The number of para-hydroxylation sites is 1. The van der Waals surface area contributed by atoms with Crippen LogP contribution in [0.2, 0.25) is 0 Å². The van der Waals surface area contributed by atoms with Crippen molar-refractivity contribution in [3.63, 3.8) is 0 Å². The summed E-state index contributed by atoms with van der Waals surface area (Å²) in [5.74, 6) is 2.22. The van der Waals surface area contributed by atoms with Gasteiger partial charge in [0.25, 0.3) is 0 Å². The minimum atomic E-state index is 0.711. The van der Waals surface area contributed by atoms with Gasteiger partial charge in [-0.1, -0.05) is 115 Å². The van der Waals surface area contributed by atoms with Gasteiger partial charge >= 0.3 is 0 Å². The fourth-order valence-corrected chi connectivity index (χ4v) is 8.31. The third kappa shape index (κ3) is 5.07.